The molecule has 0 aromatic heterocycles. The number of benzene rings is 1. The molecule has 0 aliphatic carbocycles. The second kappa shape index (κ2) is 6.18. The summed E-state index contributed by atoms with van der Waals surface area (Å²) in [5, 5.41) is 16.4. The van der Waals surface area contributed by atoms with Crippen LogP contribution in [0.25, 0.3) is 0 Å². The van der Waals surface area contributed by atoms with Crippen molar-refractivity contribution >= 4 is 39.9 Å². The molecule has 0 fully saturated rings. The van der Waals surface area contributed by atoms with Crippen LogP contribution >= 0.6 is 22.6 Å². The number of amides is 1. The number of hydrogen-bond acceptors (Lipinski definition) is 4. The summed E-state index contributed by atoms with van der Waals surface area (Å²) in [6.07, 6.45) is 0. The van der Waals surface area contributed by atoms with Crippen LogP contribution in [0.3, 0.4) is 0 Å². The number of carbonyl (C=O) groups excluding carboxylic acids is 1. The molecule has 0 saturated heterocycles. The summed E-state index contributed by atoms with van der Waals surface area (Å²) in [5.41, 5.74) is 0.465. The van der Waals surface area contributed by atoms with Crippen molar-refractivity contribution in [2.45, 2.75) is 26.3 Å². The van der Waals surface area contributed by atoms with Crippen LogP contribution in [0.4, 0.5) is 11.4 Å². The zero-order valence-corrected chi connectivity index (χ0v) is 13.1. The Morgan fingerprint density at radius 3 is 2.53 bits per heavy atom. The predicted octanol–water partition coefficient (Wildman–Crippen LogP) is 2.53. The molecule has 0 bridgehead atoms. The average molecular weight is 377 g/mol. The first-order chi connectivity index (χ1) is 8.69. The lowest BCUT2D eigenvalue weighted by Crippen LogP contribution is -2.43. The minimum absolute atomic E-state index is 0.0605. The van der Waals surface area contributed by atoms with E-state index in [0.717, 1.165) is 0 Å². The molecule has 0 spiro atoms. The van der Waals surface area contributed by atoms with Crippen molar-refractivity contribution in [1.29, 1.82) is 0 Å². The fraction of sp³-hybridized carbons (Fsp3) is 0.417. The normalized spacial score (nSPS) is 10.9. The molecular weight excluding hydrogens is 361 g/mol. The van der Waals surface area contributed by atoms with Crippen molar-refractivity contribution in [3.05, 3.63) is 31.9 Å². The lowest BCUT2D eigenvalue weighted by Gasteiger charge is -2.20. The second-order valence-electron chi connectivity index (χ2n) is 5.08. The van der Waals surface area contributed by atoms with E-state index < -0.39 is 4.92 Å². The molecule has 1 aromatic rings. The van der Waals surface area contributed by atoms with Gasteiger partial charge in [-0.1, -0.05) is 0 Å². The molecule has 2 N–H and O–H groups in total. The van der Waals surface area contributed by atoms with Crippen molar-refractivity contribution in [3.8, 4) is 0 Å². The highest BCUT2D eigenvalue weighted by atomic mass is 127. The van der Waals surface area contributed by atoms with Gasteiger partial charge in [0, 0.05) is 17.3 Å². The van der Waals surface area contributed by atoms with E-state index in [1.807, 2.05) is 43.4 Å². The number of anilines is 1. The number of rotatable bonds is 4. The highest BCUT2D eigenvalue weighted by Crippen LogP contribution is 2.23. The molecule has 1 aromatic carbocycles. The van der Waals surface area contributed by atoms with Gasteiger partial charge in [-0.05, 0) is 55.5 Å². The van der Waals surface area contributed by atoms with E-state index in [1.165, 1.54) is 6.07 Å². The van der Waals surface area contributed by atoms with Gasteiger partial charge in [-0.3, -0.25) is 14.9 Å². The number of carbonyl (C=O) groups is 1. The molecule has 6 nitrogen and oxygen atoms in total. The molecule has 0 radical (unpaired) electrons. The monoisotopic (exact) mass is 377 g/mol. The molecule has 1 amide bonds. The van der Waals surface area contributed by atoms with Gasteiger partial charge < -0.3 is 10.6 Å². The van der Waals surface area contributed by atoms with Crippen LogP contribution in [0.5, 0.6) is 0 Å². The van der Waals surface area contributed by atoms with E-state index in [4.69, 9.17) is 0 Å². The molecule has 0 aliphatic rings. The van der Waals surface area contributed by atoms with Gasteiger partial charge in [0.1, 0.15) is 0 Å². The lowest BCUT2D eigenvalue weighted by atomic mass is 10.1. The highest BCUT2D eigenvalue weighted by molar-refractivity contribution is 14.1. The summed E-state index contributed by atoms with van der Waals surface area (Å²) in [6, 6.07) is 4.65. The Morgan fingerprint density at radius 1 is 1.42 bits per heavy atom. The van der Waals surface area contributed by atoms with E-state index in [-0.39, 0.29) is 23.7 Å². The van der Waals surface area contributed by atoms with Gasteiger partial charge in [0.05, 0.1) is 15.0 Å². The summed E-state index contributed by atoms with van der Waals surface area (Å²) >= 11 is 1.90. The van der Waals surface area contributed by atoms with E-state index >= 15 is 0 Å². The first-order valence-electron chi connectivity index (χ1n) is 5.68. The zero-order chi connectivity index (χ0) is 14.6. The molecule has 7 heteroatoms. The molecule has 0 saturated carbocycles. The van der Waals surface area contributed by atoms with E-state index in [1.54, 1.807) is 12.1 Å². The first kappa shape index (κ1) is 15.7. The van der Waals surface area contributed by atoms with Crippen molar-refractivity contribution < 1.29 is 9.72 Å². The smallest absolute Gasteiger partial charge is 0.282 e. The van der Waals surface area contributed by atoms with Gasteiger partial charge in [-0.15, -0.1) is 0 Å². The Balaban J connectivity index is 2.62. The summed E-state index contributed by atoms with van der Waals surface area (Å²) in [6.45, 7) is 5.84. The topological polar surface area (TPSA) is 84.3 Å². The Kier molecular flexibility index (Phi) is 5.10. The van der Waals surface area contributed by atoms with Crippen LogP contribution in [0, 0.1) is 13.7 Å². The number of nitro groups is 1. The average Bonchev–Trinajstić information content (AvgIpc) is 2.23. The van der Waals surface area contributed by atoms with Crippen LogP contribution < -0.4 is 10.6 Å². The molecule has 104 valence electrons. The van der Waals surface area contributed by atoms with Gasteiger partial charge in [0.25, 0.3) is 5.69 Å². The Labute approximate surface area is 125 Å². The second-order valence-corrected chi connectivity index (χ2v) is 6.24. The summed E-state index contributed by atoms with van der Waals surface area (Å²) in [4.78, 5) is 21.8. The number of hydrogen-bond donors (Lipinski definition) is 2. The number of nitro benzene ring substituents is 1. The highest BCUT2D eigenvalue weighted by Gasteiger charge is 2.14. The predicted molar refractivity (Wildman–Crippen MR) is 82.2 cm³/mol. The van der Waals surface area contributed by atoms with Gasteiger partial charge in [-0.2, -0.15) is 0 Å². The lowest BCUT2D eigenvalue weighted by molar-refractivity contribution is -0.385. The van der Waals surface area contributed by atoms with Gasteiger partial charge in [0.2, 0.25) is 5.91 Å². The maximum absolute atomic E-state index is 11.6. The van der Waals surface area contributed by atoms with Crippen molar-refractivity contribution in [2.24, 2.45) is 0 Å². The fourth-order valence-electron chi connectivity index (χ4n) is 1.41. The minimum atomic E-state index is -0.433. The minimum Gasteiger partial charge on any atom is -0.376 e. The molecule has 0 aliphatic heterocycles. The molecular formula is C12H16IN3O3. The van der Waals surface area contributed by atoms with Crippen LogP contribution in [0.1, 0.15) is 20.8 Å². The number of halogens is 1. The molecule has 1 rings (SSSR count). The van der Waals surface area contributed by atoms with Gasteiger partial charge in [0.15, 0.2) is 0 Å². The fourth-order valence-corrected chi connectivity index (χ4v) is 2.12. The molecule has 0 atom stereocenters. The van der Waals surface area contributed by atoms with Crippen LogP contribution in [0.15, 0.2) is 18.2 Å². The summed E-state index contributed by atoms with van der Waals surface area (Å²) < 4.78 is 0.531. The number of nitrogens with one attached hydrogen (secondary N) is 2. The standard InChI is InChI=1S/C12H16IN3O3/c1-12(2,3)15-11(17)7-14-8-4-5-10(16(18)19)9(13)6-8/h4-6,14H,7H2,1-3H3,(H,15,17). The molecule has 0 heterocycles. The van der Waals surface area contributed by atoms with Crippen molar-refractivity contribution in [3.63, 3.8) is 0 Å². The van der Waals surface area contributed by atoms with Crippen LogP contribution in [-0.4, -0.2) is 22.9 Å². The third-order valence-electron chi connectivity index (χ3n) is 2.11. The SMILES string of the molecule is CC(C)(C)NC(=O)CNc1ccc([N+](=O)[O-])c(I)c1. The molecule has 19 heavy (non-hydrogen) atoms. The van der Waals surface area contributed by atoms with Gasteiger partial charge >= 0.3 is 0 Å². The zero-order valence-electron chi connectivity index (χ0n) is 11.0. The van der Waals surface area contributed by atoms with Crippen LogP contribution in [-0.2, 0) is 4.79 Å². The Hall–Kier alpha value is -1.38. The molecule has 0 unspecified atom stereocenters. The maximum atomic E-state index is 11.6. The van der Waals surface area contributed by atoms with E-state index in [0.29, 0.717) is 9.26 Å². The Bertz CT molecular complexity index is 497. The van der Waals surface area contributed by atoms with Crippen LogP contribution in [0.2, 0.25) is 0 Å². The largest absolute Gasteiger partial charge is 0.376 e. The van der Waals surface area contributed by atoms with Crippen molar-refractivity contribution in [1.82, 2.24) is 5.32 Å². The summed E-state index contributed by atoms with van der Waals surface area (Å²) in [7, 11) is 0. The van der Waals surface area contributed by atoms with Gasteiger partial charge in [-0.25, -0.2) is 0 Å². The third kappa shape index (κ3) is 5.41. The quantitative estimate of drug-likeness (QED) is 0.480. The van der Waals surface area contributed by atoms with E-state index in [9.17, 15) is 14.9 Å². The Morgan fingerprint density at radius 2 is 2.05 bits per heavy atom. The van der Waals surface area contributed by atoms with E-state index in [2.05, 4.69) is 10.6 Å². The first-order valence-corrected chi connectivity index (χ1v) is 6.76. The summed E-state index contributed by atoms with van der Waals surface area (Å²) in [5.74, 6) is -0.124. The number of nitrogens with zero attached hydrogens (tertiary/aromatic N) is 1. The van der Waals surface area contributed by atoms with Crippen molar-refractivity contribution in [2.75, 3.05) is 11.9 Å². The maximum Gasteiger partial charge on any atom is 0.282 e. The third-order valence-corrected chi connectivity index (χ3v) is 2.98.